The summed E-state index contributed by atoms with van der Waals surface area (Å²) in [6.07, 6.45) is 0.293. The lowest BCUT2D eigenvalue weighted by Crippen LogP contribution is -2.30. The number of nitrogens with zero attached hydrogens (tertiary/aromatic N) is 1. The van der Waals surface area contributed by atoms with Crippen LogP contribution < -0.4 is 0 Å². The van der Waals surface area contributed by atoms with Gasteiger partial charge >= 0.3 is 6.18 Å². The highest BCUT2D eigenvalue weighted by Crippen LogP contribution is 2.15. The zero-order valence-corrected chi connectivity index (χ0v) is 6.19. The van der Waals surface area contributed by atoms with E-state index in [2.05, 4.69) is 0 Å². The van der Waals surface area contributed by atoms with Crippen LogP contribution in [0.4, 0.5) is 13.2 Å². The Kier molecular flexibility index (Phi) is 2.52. The molecule has 0 aliphatic carbocycles. The molecule has 0 saturated carbocycles. The van der Waals surface area contributed by atoms with Gasteiger partial charge in [-0.1, -0.05) is 0 Å². The molecule has 11 heavy (non-hydrogen) atoms. The van der Waals surface area contributed by atoms with Crippen molar-refractivity contribution < 1.29 is 17.7 Å². The Morgan fingerprint density at radius 3 is 2.45 bits per heavy atom. The molecule has 0 spiro atoms. The first kappa shape index (κ1) is 8.56. The van der Waals surface area contributed by atoms with E-state index in [0.29, 0.717) is 6.54 Å². The summed E-state index contributed by atoms with van der Waals surface area (Å²) >= 11 is 0. The maximum Gasteiger partial charge on any atom is 0.448 e. The molecule has 0 aromatic carbocycles. The highest BCUT2D eigenvalue weighted by Gasteiger charge is 2.34. The first-order valence-corrected chi connectivity index (χ1v) is 3.72. The van der Waals surface area contributed by atoms with Gasteiger partial charge in [-0.05, 0) is 6.42 Å². The molecule has 4 heteroatoms. The van der Waals surface area contributed by atoms with E-state index < -0.39 is 12.7 Å². The number of hydrogen-bond donors (Lipinski definition) is 0. The molecule has 1 aliphatic rings. The summed E-state index contributed by atoms with van der Waals surface area (Å²) in [6.45, 7) is -0.230. The molecule has 0 bridgehead atoms. The quantitative estimate of drug-likeness (QED) is 0.523. The van der Waals surface area contributed by atoms with E-state index >= 15 is 0 Å². The minimum atomic E-state index is -4.05. The Hall–Kier alpha value is -0.540. The predicted molar refractivity (Wildman–Crippen MR) is 36.0 cm³/mol. The van der Waals surface area contributed by atoms with Crippen molar-refractivity contribution in [2.45, 2.75) is 25.4 Å². The van der Waals surface area contributed by atoms with Crippen LogP contribution in [0.5, 0.6) is 0 Å². The molecule has 0 aromatic rings. The molecule has 0 unspecified atom stereocenters. The molecule has 1 nitrogen and oxygen atoms in total. The molecular formula is C7H11F3N+. The van der Waals surface area contributed by atoms with Gasteiger partial charge in [0, 0.05) is 12.8 Å². The molecule has 64 valence electrons. The molecule has 0 radical (unpaired) electrons. The molecule has 1 rings (SSSR count). The number of hydrogen-bond acceptors (Lipinski definition) is 0. The lowest BCUT2D eigenvalue weighted by Gasteiger charge is -2.09. The van der Waals surface area contributed by atoms with Crippen LogP contribution in [0.2, 0.25) is 0 Å². The lowest BCUT2D eigenvalue weighted by atomic mass is 10.2. The molecule has 0 amide bonds. The van der Waals surface area contributed by atoms with Gasteiger partial charge < -0.3 is 0 Å². The van der Waals surface area contributed by atoms with Crippen LogP contribution in [0.3, 0.4) is 0 Å². The van der Waals surface area contributed by atoms with E-state index in [0.717, 1.165) is 19.3 Å². The second kappa shape index (κ2) is 3.24. The first-order valence-electron chi connectivity index (χ1n) is 3.72. The largest absolute Gasteiger partial charge is 0.448 e. The van der Waals surface area contributed by atoms with Gasteiger partial charge in [-0.2, -0.15) is 13.2 Å². The molecule has 0 aromatic heterocycles. The van der Waals surface area contributed by atoms with Gasteiger partial charge in [0.25, 0.3) is 0 Å². The fraction of sp³-hybridized carbons (Fsp3) is 0.857. The van der Waals surface area contributed by atoms with Gasteiger partial charge in [0.15, 0.2) is 0 Å². The van der Waals surface area contributed by atoms with Crippen molar-refractivity contribution in [3.8, 4) is 0 Å². The fourth-order valence-electron chi connectivity index (χ4n) is 1.20. The summed E-state index contributed by atoms with van der Waals surface area (Å²) in [6, 6.07) is 0. The second-order valence-electron chi connectivity index (χ2n) is 2.76. The van der Waals surface area contributed by atoms with E-state index in [1.54, 1.807) is 6.21 Å². The number of halogens is 3. The molecule has 0 N–H and O–H groups in total. The topological polar surface area (TPSA) is 3.01 Å². The van der Waals surface area contributed by atoms with Crippen LogP contribution >= 0.6 is 0 Å². The second-order valence-corrected chi connectivity index (χ2v) is 2.76. The third kappa shape index (κ3) is 3.39. The van der Waals surface area contributed by atoms with Crippen molar-refractivity contribution in [3.63, 3.8) is 0 Å². The van der Waals surface area contributed by atoms with Gasteiger partial charge in [0.05, 0.1) is 0 Å². The minimum absolute atomic E-state index is 0.555. The monoisotopic (exact) mass is 166 g/mol. The van der Waals surface area contributed by atoms with Crippen LogP contribution in [-0.4, -0.2) is 30.1 Å². The maximum atomic E-state index is 11.8. The van der Waals surface area contributed by atoms with Crippen LogP contribution in [-0.2, 0) is 0 Å². The maximum absolute atomic E-state index is 11.8. The third-order valence-electron chi connectivity index (χ3n) is 1.67. The van der Waals surface area contributed by atoms with E-state index in [-0.39, 0.29) is 0 Å². The summed E-state index contributed by atoms with van der Waals surface area (Å²) in [5.41, 5.74) is 0. The van der Waals surface area contributed by atoms with Gasteiger partial charge in [0.1, 0.15) is 12.8 Å². The Morgan fingerprint density at radius 1 is 1.27 bits per heavy atom. The third-order valence-corrected chi connectivity index (χ3v) is 1.67. The van der Waals surface area contributed by atoms with Crippen molar-refractivity contribution in [1.82, 2.24) is 0 Å². The Balaban J connectivity index is 2.42. The summed E-state index contributed by atoms with van der Waals surface area (Å²) < 4.78 is 36.7. The van der Waals surface area contributed by atoms with Crippen LogP contribution in [0.15, 0.2) is 0 Å². The van der Waals surface area contributed by atoms with Crippen molar-refractivity contribution in [1.29, 1.82) is 0 Å². The fourth-order valence-corrected chi connectivity index (χ4v) is 1.20. The van der Waals surface area contributed by atoms with Gasteiger partial charge in [-0.15, -0.1) is 0 Å². The molecule has 0 atom stereocenters. The smallest absolute Gasteiger partial charge is 0.230 e. The summed E-state index contributed by atoms with van der Waals surface area (Å²) in [7, 11) is 0. The molecule has 1 aliphatic heterocycles. The summed E-state index contributed by atoms with van der Waals surface area (Å²) in [5, 5.41) is 0. The van der Waals surface area contributed by atoms with Crippen molar-refractivity contribution in [3.05, 3.63) is 0 Å². The van der Waals surface area contributed by atoms with E-state index in [9.17, 15) is 13.2 Å². The highest BCUT2D eigenvalue weighted by atomic mass is 19.4. The molecule has 0 fully saturated rings. The Bertz CT molecular complexity index is 160. The molecular weight excluding hydrogens is 155 g/mol. The first-order chi connectivity index (χ1) is 5.08. The normalized spacial score (nSPS) is 19.7. The van der Waals surface area contributed by atoms with Crippen molar-refractivity contribution >= 4 is 6.21 Å². The molecule has 0 saturated heterocycles. The zero-order valence-electron chi connectivity index (χ0n) is 6.19. The zero-order chi connectivity index (χ0) is 8.32. The minimum Gasteiger partial charge on any atom is -0.230 e. The number of rotatable bonds is 1. The average Bonchev–Trinajstić information content (AvgIpc) is 1.85. The number of alkyl halides is 3. The van der Waals surface area contributed by atoms with E-state index in [4.69, 9.17) is 0 Å². The summed E-state index contributed by atoms with van der Waals surface area (Å²) in [4.78, 5) is 0. The van der Waals surface area contributed by atoms with Crippen LogP contribution in [0, 0.1) is 0 Å². The van der Waals surface area contributed by atoms with E-state index in [1.165, 1.54) is 4.58 Å². The van der Waals surface area contributed by atoms with Crippen molar-refractivity contribution in [2.24, 2.45) is 0 Å². The Morgan fingerprint density at radius 2 is 2.00 bits per heavy atom. The van der Waals surface area contributed by atoms with Crippen LogP contribution in [0.25, 0.3) is 0 Å². The lowest BCUT2D eigenvalue weighted by molar-refractivity contribution is -0.558. The summed E-state index contributed by atoms with van der Waals surface area (Å²) in [5.74, 6) is 0. The predicted octanol–water partition coefficient (Wildman–Crippen LogP) is 1.82. The Labute approximate surface area is 63.5 Å². The van der Waals surface area contributed by atoms with Gasteiger partial charge in [0.2, 0.25) is 6.54 Å². The van der Waals surface area contributed by atoms with Gasteiger partial charge in [-0.25, -0.2) is 4.58 Å². The van der Waals surface area contributed by atoms with E-state index in [1.807, 2.05) is 0 Å². The van der Waals surface area contributed by atoms with Gasteiger partial charge in [-0.3, -0.25) is 0 Å². The van der Waals surface area contributed by atoms with Crippen molar-refractivity contribution in [2.75, 3.05) is 13.1 Å². The average molecular weight is 166 g/mol. The molecule has 1 heterocycles. The standard InChI is InChI=1S/C7H11F3N/c8-7(9,10)6-11-4-2-1-3-5-11/h4H,1-3,5-6H2/q+1. The SMILES string of the molecule is FC(F)(F)C[N+]1=CCCCC1. The van der Waals surface area contributed by atoms with Crippen LogP contribution in [0.1, 0.15) is 19.3 Å². The highest BCUT2D eigenvalue weighted by molar-refractivity contribution is 5.51.